The molecule has 27 heavy (non-hydrogen) atoms. The van der Waals surface area contributed by atoms with Crippen molar-refractivity contribution in [3.05, 3.63) is 59.1 Å². The van der Waals surface area contributed by atoms with Crippen LogP contribution in [0.2, 0.25) is 5.02 Å². The molecule has 1 aliphatic rings. The van der Waals surface area contributed by atoms with E-state index in [1.54, 1.807) is 0 Å². The number of halogens is 1. The average molecular weight is 389 g/mol. The Hall–Kier alpha value is -2.08. The minimum atomic E-state index is -0.00956. The molecule has 1 amide bonds. The SMILES string of the molecule is O=C(CCNCC1CCCO1)Nc1ccc(OCc2ccc(Cl)cc2)cc1. The van der Waals surface area contributed by atoms with E-state index in [0.717, 1.165) is 43.0 Å². The van der Waals surface area contributed by atoms with Crippen LogP contribution in [-0.2, 0) is 16.1 Å². The second kappa shape index (κ2) is 10.3. The number of hydrogen-bond acceptors (Lipinski definition) is 4. The lowest BCUT2D eigenvalue weighted by Gasteiger charge is -2.11. The molecular formula is C21H25ClN2O3. The quantitative estimate of drug-likeness (QED) is 0.637. The van der Waals surface area contributed by atoms with Gasteiger partial charge in [-0.15, -0.1) is 0 Å². The first-order valence-electron chi connectivity index (χ1n) is 9.28. The van der Waals surface area contributed by atoms with Crippen LogP contribution in [0.3, 0.4) is 0 Å². The van der Waals surface area contributed by atoms with E-state index in [1.165, 1.54) is 0 Å². The van der Waals surface area contributed by atoms with Crippen LogP contribution in [0.4, 0.5) is 5.69 Å². The highest BCUT2D eigenvalue weighted by molar-refractivity contribution is 6.30. The number of carbonyl (C=O) groups is 1. The Morgan fingerprint density at radius 2 is 1.93 bits per heavy atom. The van der Waals surface area contributed by atoms with Crippen molar-refractivity contribution < 1.29 is 14.3 Å². The Bertz CT molecular complexity index is 713. The van der Waals surface area contributed by atoms with Gasteiger partial charge in [-0.1, -0.05) is 23.7 Å². The highest BCUT2D eigenvalue weighted by Gasteiger charge is 2.14. The van der Waals surface area contributed by atoms with Crippen LogP contribution >= 0.6 is 11.6 Å². The molecule has 2 aromatic rings. The van der Waals surface area contributed by atoms with E-state index in [1.807, 2.05) is 48.5 Å². The topological polar surface area (TPSA) is 59.6 Å². The van der Waals surface area contributed by atoms with Crippen LogP contribution in [0.25, 0.3) is 0 Å². The third kappa shape index (κ3) is 6.86. The summed E-state index contributed by atoms with van der Waals surface area (Å²) in [6, 6.07) is 14.9. The van der Waals surface area contributed by atoms with Crippen molar-refractivity contribution in [2.24, 2.45) is 0 Å². The minimum absolute atomic E-state index is 0.00956. The maximum absolute atomic E-state index is 12.0. The molecule has 0 bridgehead atoms. The van der Waals surface area contributed by atoms with Crippen LogP contribution in [0.15, 0.2) is 48.5 Å². The molecule has 3 rings (SSSR count). The first-order valence-corrected chi connectivity index (χ1v) is 9.66. The summed E-state index contributed by atoms with van der Waals surface area (Å²) < 4.78 is 11.3. The normalized spacial score (nSPS) is 16.3. The first kappa shape index (κ1) is 19.7. The predicted molar refractivity (Wildman–Crippen MR) is 107 cm³/mol. The number of carbonyl (C=O) groups excluding carboxylic acids is 1. The Labute approximate surface area is 165 Å². The number of anilines is 1. The first-order chi connectivity index (χ1) is 13.2. The number of benzene rings is 2. The van der Waals surface area contributed by atoms with Crippen molar-refractivity contribution in [2.75, 3.05) is 25.0 Å². The lowest BCUT2D eigenvalue weighted by molar-refractivity contribution is -0.116. The molecule has 0 aromatic heterocycles. The van der Waals surface area contributed by atoms with E-state index in [4.69, 9.17) is 21.1 Å². The van der Waals surface area contributed by atoms with Crippen molar-refractivity contribution in [2.45, 2.75) is 32.0 Å². The highest BCUT2D eigenvalue weighted by atomic mass is 35.5. The van der Waals surface area contributed by atoms with Crippen LogP contribution in [0.1, 0.15) is 24.8 Å². The molecule has 1 fully saturated rings. The zero-order chi connectivity index (χ0) is 18.9. The van der Waals surface area contributed by atoms with Gasteiger partial charge in [-0.05, 0) is 54.8 Å². The molecule has 1 aliphatic heterocycles. The molecule has 0 saturated carbocycles. The van der Waals surface area contributed by atoms with E-state index in [0.29, 0.717) is 30.7 Å². The Kier molecular flexibility index (Phi) is 7.51. The molecule has 0 spiro atoms. The fourth-order valence-corrected chi connectivity index (χ4v) is 3.00. The number of nitrogens with one attached hydrogen (secondary N) is 2. The van der Waals surface area contributed by atoms with Crippen molar-refractivity contribution in [1.82, 2.24) is 5.32 Å². The fourth-order valence-electron chi connectivity index (χ4n) is 2.88. The van der Waals surface area contributed by atoms with E-state index < -0.39 is 0 Å². The summed E-state index contributed by atoms with van der Waals surface area (Å²) in [5.74, 6) is 0.742. The summed E-state index contributed by atoms with van der Waals surface area (Å²) in [5, 5.41) is 6.88. The highest BCUT2D eigenvalue weighted by Crippen LogP contribution is 2.18. The van der Waals surface area contributed by atoms with Gasteiger partial charge in [0.05, 0.1) is 6.10 Å². The van der Waals surface area contributed by atoms with Gasteiger partial charge >= 0.3 is 0 Å². The zero-order valence-corrected chi connectivity index (χ0v) is 16.0. The van der Waals surface area contributed by atoms with Crippen LogP contribution in [0.5, 0.6) is 5.75 Å². The van der Waals surface area contributed by atoms with Gasteiger partial charge in [-0.2, -0.15) is 0 Å². The van der Waals surface area contributed by atoms with Gasteiger partial charge in [0.2, 0.25) is 5.91 Å². The largest absolute Gasteiger partial charge is 0.489 e. The average Bonchev–Trinajstić information content (AvgIpc) is 3.19. The van der Waals surface area contributed by atoms with Gasteiger partial charge in [-0.25, -0.2) is 0 Å². The molecule has 2 aromatic carbocycles. The molecule has 1 atom stereocenters. The summed E-state index contributed by atoms with van der Waals surface area (Å²) in [7, 11) is 0. The van der Waals surface area contributed by atoms with Crippen LogP contribution in [0, 0.1) is 0 Å². The second-order valence-electron chi connectivity index (χ2n) is 6.58. The zero-order valence-electron chi connectivity index (χ0n) is 15.2. The summed E-state index contributed by atoms with van der Waals surface area (Å²) >= 11 is 5.87. The molecule has 1 heterocycles. The van der Waals surface area contributed by atoms with Crippen molar-refractivity contribution in [1.29, 1.82) is 0 Å². The molecule has 0 aliphatic carbocycles. The van der Waals surface area contributed by atoms with Crippen LogP contribution in [-0.4, -0.2) is 31.7 Å². The summed E-state index contributed by atoms with van der Waals surface area (Å²) in [6.45, 7) is 2.78. The van der Waals surface area contributed by atoms with Gasteiger partial charge in [0.15, 0.2) is 0 Å². The molecule has 2 N–H and O–H groups in total. The van der Waals surface area contributed by atoms with Gasteiger partial charge in [0.1, 0.15) is 12.4 Å². The summed E-state index contributed by atoms with van der Waals surface area (Å²) in [5.41, 5.74) is 1.81. The Balaban J connectivity index is 1.35. The number of ether oxygens (including phenoxy) is 2. The van der Waals surface area contributed by atoms with Crippen molar-refractivity contribution >= 4 is 23.2 Å². The van der Waals surface area contributed by atoms with Gasteiger partial charge < -0.3 is 20.1 Å². The maximum atomic E-state index is 12.0. The third-order valence-electron chi connectivity index (χ3n) is 4.38. The summed E-state index contributed by atoms with van der Waals surface area (Å²) in [6.07, 6.45) is 2.97. The fraction of sp³-hybridized carbons (Fsp3) is 0.381. The molecule has 0 radical (unpaired) electrons. The van der Waals surface area contributed by atoms with Gasteiger partial charge in [0.25, 0.3) is 0 Å². The van der Waals surface area contributed by atoms with E-state index in [-0.39, 0.29) is 5.91 Å². The van der Waals surface area contributed by atoms with Gasteiger partial charge in [0, 0.05) is 36.8 Å². The monoisotopic (exact) mass is 388 g/mol. The number of hydrogen-bond donors (Lipinski definition) is 2. The summed E-state index contributed by atoms with van der Waals surface area (Å²) in [4.78, 5) is 12.0. The number of rotatable bonds is 9. The molecule has 1 saturated heterocycles. The van der Waals surface area contributed by atoms with Crippen LogP contribution < -0.4 is 15.4 Å². The molecular weight excluding hydrogens is 364 g/mol. The maximum Gasteiger partial charge on any atom is 0.225 e. The number of amides is 1. The van der Waals surface area contributed by atoms with E-state index in [2.05, 4.69) is 10.6 Å². The standard InChI is InChI=1S/C21H25ClN2O3/c22-17-5-3-16(4-6-17)15-27-19-9-7-18(8-10-19)24-21(25)11-12-23-14-20-2-1-13-26-20/h3-10,20,23H,1-2,11-15H2,(H,24,25). The minimum Gasteiger partial charge on any atom is -0.489 e. The molecule has 6 heteroatoms. The predicted octanol–water partition coefficient (Wildman–Crippen LogP) is 4.02. The van der Waals surface area contributed by atoms with Crippen molar-refractivity contribution in [3.63, 3.8) is 0 Å². The molecule has 1 unspecified atom stereocenters. The molecule has 5 nitrogen and oxygen atoms in total. The Morgan fingerprint density at radius 3 is 2.63 bits per heavy atom. The second-order valence-corrected chi connectivity index (χ2v) is 7.01. The molecule has 144 valence electrons. The van der Waals surface area contributed by atoms with Crippen molar-refractivity contribution in [3.8, 4) is 5.75 Å². The van der Waals surface area contributed by atoms with E-state index >= 15 is 0 Å². The van der Waals surface area contributed by atoms with E-state index in [9.17, 15) is 4.79 Å². The Morgan fingerprint density at radius 1 is 1.15 bits per heavy atom. The third-order valence-corrected chi connectivity index (χ3v) is 4.63. The smallest absolute Gasteiger partial charge is 0.225 e. The lowest BCUT2D eigenvalue weighted by Crippen LogP contribution is -2.29. The van der Waals surface area contributed by atoms with Gasteiger partial charge in [-0.3, -0.25) is 4.79 Å². The lowest BCUT2D eigenvalue weighted by atomic mass is 10.2.